The summed E-state index contributed by atoms with van der Waals surface area (Å²) in [6.07, 6.45) is 3.71. The van der Waals surface area contributed by atoms with E-state index >= 15 is 0 Å². The van der Waals surface area contributed by atoms with Crippen molar-refractivity contribution in [3.8, 4) is 11.3 Å². The minimum atomic E-state index is -2.67. The molecule has 1 aliphatic heterocycles. The molecule has 0 radical (unpaired) electrons. The van der Waals surface area contributed by atoms with Crippen LogP contribution in [0.25, 0.3) is 11.3 Å². The fourth-order valence-electron chi connectivity index (χ4n) is 3.07. The number of hydrogen-bond donors (Lipinski definition) is 2. The van der Waals surface area contributed by atoms with Crippen LogP contribution in [0.3, 0.4) is 0 Å². The molecule has 0 aliphatic carbocycles. The van der Waals surface area contributed by atoms with Crippen molar-refractivity contribution < 1.29 is 16.0 Å². The van der Waals surface area contributed by atoms with Crippen molar-refractivity contribution in [2.24, 2.45) is 0 Å². The van der Waals surface area contributed by atoms with Crippen molar-refractivity contribution in [3.05, 3.63) is 65.9 Å². The van der Waals surface area contributed by atoms with Gasteiger partial charge < -0.3 is 15.5 Å². The Balaban J connectivity index is 1.81. The lowest BCUT2D eigenvalue weighted by Gasteiger charge is -2.31. The number of rotatable bonds is 3. The highest BCUT2D eigenvalue weighted by atomic mass is 19.1. The maximum Gasteiger partial charge on any atom is 0.254 e. The van der Waals surface area contributed by atoms with Gasteiger partial charge in [-0.3, -0.25) is 14.8 Å². The van der Waals surface area contributed by atoms with Crippen LogP contribution in [-0.2, 0) is 6.50 Å². The quantitative estimate of drug-likeness (QED) is 0.742. The number of para-hydroxylation sites is 1. The first-order valence-corrected chi connectivity index (χ1v) is 8.06. The number of anilines is 3. The van der Waals surface area contributed by atoms with E-state index in [1.165, 1.54) is 30.4 Å². The summed E-state index contributed by atoms with van der Waals surface area (Å²) < 4.78 is 52.7. The number of aromatic nitrogens is 2. The van der Waals surface area contributed by atoms with E-state index in [4.69, 9.17) is 6.85 Å². The van der Waals surface area contributed by atoms with Crippen LogP contribution in [0.15, 0.2) is 48.9 Å². The number of nitrogens with one attached hydrogen (secondary N) is 2. The highest BCUT2D eigenvalue weighted by molar-refractivity contribution is 6.01. The number of pyridine rings is 2. The van der Waals surface area contributed by atoms with Gasteiger partial charge in [-0.2, -0.15) is 0 Å². The van der Waals surface area contributed by atoms with Crippen molar-refractivity contribution in [1.82, 2.24) is 15.3 Å². The summed E-state index contributed by atoms with van der Waals surface area (Å²) in [6.45, 7) is -4.73. The predicted molar refractivity (Wildman–Crippen MR) is 103 cm³/mol. The predicted octanol–water partition coefficient (Wildman–Crippen LogP) is 3.34. The molecule has 2 aromatic heterocycles. The van der Waals surface area contributed by atoms with Gasteiger partial charge in [0.2, 0.25) is 0 Å². The van der Waals surface area contributed by atoms with Crippen LogP contribution in [-0.4, -0.2) is 29.9 Å². The van der Waals surface area contributed by atoms with E-state index in [1.807, 2.05) is 5.32 Å². The molecular formula is C20H18FN5O. The largest absolute Gasteiger partial charge is 0.368 e. The first kappa shape index (κ1) is 12.0. The summed E-state index contributed by atoms with van der Waals surface area (Å²) in [6, 6.07) is 7.78. The summed E-state index contributed by atoms with van der Waals surface area (Å²) in [5, 5.41) is 5.01. The number of amides is 1. The van der Waals surface area contributed by atoms with Crippen LogP contribution in [0.4, 0.5) is 21.5 Å². The van der Waals surface area contributed by atoms with E-state index in [2.05, 4.69) is 15.3 Å². The average molecular weight is 368 g/mol. The monoisotopic (exact) mass is 368 g/mol. The van der Waals surface area contributed by atoms with Gasteiger partial charge >= 0.3 is 0 Å². The summed E-state index contributed by atoms with van der Waals surface area (Å²) >= 11 is 0. The molecule has 1 aliphatic rings. The highest BCUT2D eigenvalue weighted by Gasteiger charge is 2.24. The van der Waals surface area contributed by atoms with Gasteiger partial charge in [0.25, 0.3) is 5.91 Å². The lowest BCUT2D eigenvalue weighted by atomic mass is 9.97. The molecular weight excluding hydrogens is 345 g/mol. The molecule has 1 amide bonds. The molecule has 0 saturated heterocycles. The zero-order valence-corrected chi connectivity index (χ0v) is 14.2. The normalized spacial score (nSPS) is 17.3. The molecule has 3 heterocycles. The third-order valence-electron chi connectivity index (χ3n) is 4.22. The van der Waals surface area contributed by atoms with Gasteiger partial charge in [-0.05, 0) is 18.2 Å². The number of halogens is 1. The van der Waals surface area contributed by atoms with Gasteiger partial charge in [-0.15, -0.1) is 0 Å². The fraction of sp³-hybridized carbons (Fsp3) is 0.150. The van der Waals surface area contributed by atoms with E-state index in [1.54, 1.807) is 18.2 Å². The molecule has 27 heavy (non-hydrogen) atoms. The van der Waals surface area contributed by atoms with E-state index in [9.17, 15) is 9.18 Å². The minimum absolute atomic E-state index is 0.00305. The van der Waals surface area contributed by atoms with Crippen LogP contribution in [0.5, 0.6) is 0 Å². The Hall–Kier alpha value is -3.48. The van der Waals surface area contributed by atoms with Crippen LogP contribution >= 0.6 is 0 Å². The fourth-order valence-corrected chi connectivity index (χ4v) is 3.07. The Morgan fingerprint density at radius 1 is 1.33 bits per heavy atom. The third-order valence-corrected chi connectivity index (χ3v) is 4.22. The molecule has 0 spiro atoms. The van der Waals surface area contributed by atoms with Gasteiger partial charge in [0, 0.05) is 48.2 Å². The Kier molecular flexibility index (Phi) is 2.97. The van der Waals surface area contributed by atoms with Crippen LogP contribution < -0.4 is 15.5 Å². The lowest BCUT2D eigenvalue weighted by molar-refractivity contribution is 0.0963. The maximum atomic E-state index is 13.8. The third kappa shape index (κ3) is 2.97. The van der Waals surface area contributed by atoms with Crippen molar-refractivity contribution in [3.63, 3.8) is 0 Å². The molecule has 6 nitrogen and oxygen atoms in total. The second kappa shape index (κ2) is 6.68. The average Bonchev–Trinajstić information content (AvgIpc) is 2.71. The molecule has 7 heteroatoms. The topological polar surface area (TPSA) is 70.2 Å². The van der Waals surface area contributed by atoms with Gasteiger partial charge in [0.05, 0.1) is 37.3 Å². The maximum absolute atomic E-state index is 13.8. The standard InChI is InChI=1S/C20H18FN5O/c1-22-20(27)15-10-23-7-6-16(15)25-17-5-3-4-14-18-12(8-13(21)9-24-18)11-26(2)19(14)17/h3-10H,11H2,1-2H3,(H,22,27)(H,23,25)/i1D3,11D2. The van der Waals surface area contributed by atoms with Gasteiger partial charge in [0.1, 0.15) is 5.82 Å². The Morgan fingerprint density at radius 2 is 2.22 bits per heavy atom. The first-order valence-electron chi connectivity index (χ1n) is 10.6. The molecule has 3 aromatic rings. The van der Waals surface area contributed by atoms with Crippen molar-refractivity contribution in [2.75, 3.05) is 24.2 Å². The zero-order valence-electron chi connectivity index (χ0n) is 19.2. The second-order valence-corrected chi connectivity index (χ2v) is 5.92. The summed E-state index contributed by atoms with van der Waals surface area (Å²) in [5.74, 6) is -1.47. The molecule has 0 bridgehead atoms. The molecule has 4 rings (SSSR count). The molecule has 1 aromatic carbocycles. The number of fused-ring (bicyclic) bond motifs is 3. The minimum Gasteiger partial charge on any atom is -0.368 e. The molecule has 0 saturated carbocycles. The lowest BCUT2D eigenvalue weighted by Crippen LogP contribution is -2.24. The molecule has 0 fully saturated rings. The van der Waals surface area contributed by atoms with Crippen molar-refractivity contribution >= 4 is 23.0 Å². The van der Waals surface area contributed by atoms with Crippen LogP contribution in [0.1, 0.15) is 22.8 Å². The summed E-state index contributed by atoms with van der Waals surface area (Å²) in [7, 11) is 1.53. The van der Waals surface area contributed by atoms with Crippen LogP contribution in [0.2, 0.25) is 0 Å². The first-order chi connectivity index (χ1) is 15.0. The zero-order chi connectivity index (χ0) is 23.3. The molecule has 2 N–H and O–H groups in total. The smallest absolute Gasteiger partial charge is 0.254 e. The van der Waals surface area contributed by atoms with Crippen LogP contribution in [0, 0.1) is 5.82 Å². The summed E-state index contributed by atoms with van der Waals surface area (Å²) in [5.41, 5.74) is 2.16. The Bertz CT molecular complexity index is 1220. The summed E-state index contributed by atoms with van der Waals surface area (Å²) in [4.78, 5) is 21.8. The number of hydrogen-bond acceptors (Lipinski definition) is 5. The molecule has 0 unspecified atom stereocenters. The number of benzene rings is 1. The van der Waals surface area contributed by atoms with E-state index in [0.29, 0.717) is 22.6 Å². The Labute approximate surface area is 163 Å². The SMILES string of the molecule is [2H]C([2H])([2H])NC(=O)c1cnccc1Nc1cccc2c1N(C)C([2H])([2H])c1cc(F)cnc1-2. The number of carbonyl (C=O) groups excluding carboxylic acids is 1. The molecule has 136 valence electrons. The van der Waals surface area contributed by atoms with Crippen molar-refractivity contribution in [2.45, 2.75) is 6.50 Å². The number of nitrogens with zero attached hydrogens (tertiary/aromatic N) is 3. The van der Waals surface area contributed by atoms with Gasteiger partial charge in [0.15, 0.2) is 0 Å². The highest BCUT2D eigenvalue weighted by Crippen LogP contribution is 2.43. The van der Waals surface area contributed by atoms with Gasteiger partial charge in [-0.1, -0.05) is 12.1 Å². The van der Waals surface area contributed by atoms with E-state index < -0.39 is 25.2 Å². The number of carbonyl (C=O) groups is 1. The Morgan fingerprint density at radius 3 is 3.07 bits per heavy atom. The van der Waals surface area contributed by atoms with Gasteiger partial charge in [-0.25, -0.2) is 4.39 Å². The van der Waals surface area contributed by atoms with E-state index in [-0.39, 0.29) is 16.8 Å². The van der Waals surface area contributed by atoms with Crippen molar-refractivity contribution in [1.29, 1.82) is 0 Å². The van der Waals surface area contributed by atoms with E-state index in [0.717, 1.165) is 12.3 Å². The molecule has 0 atom stereocenters. The second-order valence-electron chi connectivity index (χ2n) is 5.92.